The third-order valence-electron chi connectivity index (χ3n) is 4.56. The van der Waals surface area contributed by atoms with Crippen molar-refractivity contribution >= 4 is 17.5 Å². The van der Waals surface area contributed by atoms with E-state index >= 15 is 0 Å². The molecule has 1 amide bonds. The van der Waals surface area contributed by atoms with Crippen LogP contribution in [-0.2, 0) is 16.1 Å². The third kappa shape index (κ3) is 3.42. The maximum atomic E-state index is 12.6. The number of hydrogen-bond acceptors (Lipinski definition) is 5. The van der Waals surface area contributed by atoms with E-state index in [4.69, 9.17) is 4.74 Å². The predicted molar refractivity (Wildman–Crippen MR) is 90.4 cm³/mol. The highest BCUT2D eigenvalue weighted by Crippen LogP contribution is 2.16. The zero-order valence-corrected chi connectivity index (χ0v) is 14.5. The minimum atomic E-state index is -0.710. The molecular formula is C17H22N4O4. The first-order valence-electron chi connectivity index (χ1n) is 8.53. The Labute approximate surface area is 145 Å². The molecule has 8 heteroatoms. The number of esters is 1. The molecule has 2 aromatic heterocycles. The summed E-state index contributed by atoms with van der Waals surface area (Å²) in [5.74, 6) is -0.111. The number of nitrogens with zero attached hydrogens (tertiary/aromatic N) is 4. The van der Waals surface area contributed by atoms with E-state index in [9.17, 15) is 14.4 Å². The molecule has 0 radical (unpaired) electrons. The van der Waals surface area contributed by atoms with Crippen molar-refractivity contribution in [3.05, 3.63) is 34.4 Å². The van der Waals surface area contributed by atoms with E-state index < -0.39 is 11.5 Å². The van der Waals surface area contributed by atoms with Gasteiger partial charge in [0, 0.05) is 25.4 Å². The van der Waals surface area contributed by atoms with Gasteiger partial charge in [0.15, 0.2) is 0 Å². The van der Waals surface area contributed by atoms with Crippen LogP contribution in [0.3, 0.4) is 0 Å². The largest absolute Gasteiger partial charge is 0.462 e. The summed E-state index contributed by atoms with van der Waals surface area (Å²) in [4.78, 5) is 38.8. The van der Waals surface area contributed by atoms with Gasteiger partial charge in [0.1, 0.15) is 17.8 Å². The van der Waals surface area contributed by atoms with Gasteiger partial charge >= 0.3 is 5.97 Å². The van der Waals surface area contributed by atoms with Crippen LogP contribution in [0.25, 0.3) is 5.65 Å². The van der Waals surface area contributed by atoms with Crippen LogP contribution in [0, 0.1) is 5.92 Å². The number of hydrogen-bond donors (Lipinski definition) is 0. The fourth-order valence-corrected chi connectivity index (χ4v) is 3.04. The number of fused-ring (bicyclic) bond motifs is 1. The third-order valence-corrected chi connectivity index (χ3v) is 4.56. The summed E-state index contributed by atoms with van der Waals surface area (Å²) in [7, 11) is 0. The Balaban J connectivity index is 1.91. The molecular weight excluding hydrogens is 324 g/mol. The molecule has 3 rings (SSSR count). The van der Waals surface area contributed by atoms with Crippen LogP contribution in [-0.4, -0.2) is 50.7 Å². The van der Waals surface area contributed by atoms with Gasteiger partial charge in [-0.25, -0.2) is 4.79 Å². The second kappa shape index (κ2) is 7.08. The molecule has 0 bridgehead atoms. The monoisotopic (exact) mass is 346 g/mol. The van der Waals surface area contributed by atoms with Crippen LogP contribution in [0.2, 0.25) is 0 Å². The van der Waals surface area contributed by atoms with E-state index in [-0.39, 0.29) is 24.6 Å². The van der Waals surface area contributed by atoms with Crippen LogP contribution in [0.1, 0.15) is 37.0 Å². The molecule has 0 N–H and O–H groups in total. The number of rotatable bonds is 4. The van der Waals surface area contributed by atoms with Crippen molar-refractivity contribution < 1.29 is 14.3 Å². The molecule has 0 unspecified atom stereocenters. The maximum Gasteiger partial charge on any atom is 0.345 e. The van der Waals surface area contributed by atoms with Gasteiger partial charge in [0.2, 0.25) is 5.91 Å². The number of carbonyl (C=O) groups is 2. The molecule has 0 spiro atoms. The first-order chi connectivity index (χ1) is 12.0. The maximum absolute atomic E-state index is 12.6. The van der Waals surface area contributed by atoms with Gasteiger partial charge in [-0.3, -0.25) is 9.59 Å². The Bertz CT molecular complexity index is 846. The van der Waals surface area contributed by atoms with Gasteiger partial charge < -0.3 is 14.2 Å². The van der Waals surface area contributed by atoms with Crippen molar-refractivity contribution in [2.45, 2.75) is 33.2 Å². The topological polar surface area (TPSA) is 85.9 Å². The normalized spacial score (nSPS) is 15.5. The van der Waals surface area contributed by atoms with Crippen LogP contribution in [0.15, 0.2) is 23.3 Å². The van der Waals surface area contributed by atoms with Gasteiger partial charge in [-0.05, 0) is 25.7 Å². The Kier molecular flexibility index (Phi) is 4.87. The Morgan fingerprint density at radius 3 is 2.72 bits per heavy atom. The van der Waals surface area contributed by atoms with Gasteiger partial charge in [-0.15, -0.1) is 0 Å². The minimum Gasteiger partial charge on any atom is -0.462 e. The molecule has 1 aliphatic heterocycles. The summed E-state index contributed by atoms with van der Waals surface area (Å²) in [5.41, 5.74) is -0.205. The van der Waals surface area contributed by atoms with Crippen molar-refractivity contribution in [1.29, 1.82) is 0 Å². The van der Waals surface area contributed by atoms with Gasteiger partial charge in [0.25, 0.3) is 5.56 Å². The van der Waals surface area contributed by atoms with E-state index in [1.807, 2.05) is 4.90 Å². The van der Waals surface area contributed by atoms with Crippen molar-refractivity contribution in [1.82, 2.24) is 19.1 Å². The molecule has 25 heavy (non-hydrogen) atoms. The quantitative estimate of drug-likeness (QED) is 0.769. The minimum absolute atomic E-state index is 0.0338. The van der Waals surface area contributed by atoms with Crippen LogP contribution in [0.4, 0.5) is 0 Å². The Morgan fingerprint density at radius 1 is 1.32 bits per heavy atom. The summed E-state index contributed by atoms with van der Waals surface area (Å²) >= 11 is 0. The highest BCUT2D eigenvalue weighted by atomic mass is 16.5. The molecule has 1 fully saturated rings. The second-order valence-electron chi connectivity index (χ2n) is 6.36. The average molecular weight is 346 g/mol. The molecule has 0 aliphatic carbocycles. The highest BCUT2D eigenvalue weighted by molar-refractivity contribution is 5.89. The molecule has 8 nitrogen and oxygen atoms in total. The molecule has 0 aromatic carbocycles. The Hall–Kier alpha value is -2.64. The number of amides is 1. The van der Waals surface area contributed by atoms with Crippen molar-refractivity contribution in [3.63, 3.8) is 0 Å². The van der Waals surface area contributed by atoms with E-state index in [1.165, 1.54) is 12.4 Å². The standard InChI is InChI=1S/C17H22N4O4/c1-3-25-17(24)13-10-20(14-4-7-18-21(14)16(13)23)11-15(22)19-8-5-12(2)6-9-19/h4,7,10,12H,3,5-6,8-9,11H2,1-2H3. The smallest absolute Gasteiger partial charge is 0.345 e. The lowest BCUT2D eigenvalue weighted by Gasteiger charge is -2.30. The van der Waals surface area contributed by atoms with E-state index in [2.05, 4.69) is 12.0 Å². The van der Waals surface area contributed by atoms with Crippen molar-refractivity contribution in [3.8, 4) is 0 Å². The summed E-state index contributed by atoms with van der Waals surface area (Å²) < 4.78 is 7.64. The van der Waals surface area contributed by atoms with E-state index in [0.29, 0.717) is 11.6 Å². The fourth-order valence-electron chi connectivity index (χ4n) is 3.04. The fraction of sp³-hybridized carbons (Fsp3) is 0.529. The number of ether oxygens (including phenoxy) is 1. The molecule has 1 saturated heterocycles. The zero-order valence-electron chi connectivity index (χ0n) is 14.5. The molecule has 0 atom stereocenters. The summed E-state index contributed by atoms with van der Waals surface area (Å²) in [6, 6.07) is 1.64. The van der Waals surface area contributed by atoms with Crippen LogP contribution >= 0.6 is 0 Å². The lowest BCUT2D eigenvalue weighted by Crippen LogP contribution is -2.40. The molecule has 3 heterocycles. The Morgan fingerprint density at radius 2 is 2.04 bits per heavy atom. The molecule has 0 saturated carbocycles. The molecule has 1 aliphatic rings. The number of aromatic nitrogens is 3. The number of carbonyl (C=O) groups excluding carboxylic acids is 2. The molecule has 134 valence electrons. The van der Waals surface area contributed by atoms with Gasteiger partial charge in [0.05, 0.1) is 12.8 Å². The van der Waals surface area contributed by atoms with Gasteiger partial charge in [-0.1, -0.05) is 6.92 Å². The number of likely N-dealkylation sites (tertiary alicyclic amines) is 1. The number of piperidine rings is 1. The van der Waals surface area contributed by atoms with E-state index in [1.54, 1.807) is 17.6 Å². The van der Waals surface area contributed by atoms with Crippen molar-refractivity contribution in [2.24, 2.45) is 5.92 Å². The SMILES string of the molecule is CCOC(=O)c1cn(CC(=O)N2CCC(C)CC2)c2ccnn2c1=O. The summed E-state index contributed by atoms with van der Waals surface area (Å²) in [6.07, 6.45) is 4.84. The van der Waals surface area contributed by atoms with Crippen molar-refractivity contribution in [2.75, 3.05) is 19.7 Å². The predicted octanol–water partition coefficient (Wildman–Crippen LogP) is 0.931. The lowest BCUT2D eigenvalue weighted by molar-refractivity contribution is -0.133. The van der Waals surface area contributed by atoms with Gasteiger partial charge in [-0.2, -0.15) is 9.61 Å². The summed E-state index contributed by atoms with van der Waals surface area (Å²) in [6.45, 7) is 5.55. The van der Waals surface area contributed by atoms with E-state index in [0.717, 1.165) is 30.4 Å². The highest BCUT2D eigenvalue weighted by Gasteiger charge is 2.22. The molecule has 2 aromatic rings. The zero-order chi connectivity index (χ0) is 18.0. The van der Waals surface area contributed by atoms with Crippen LogP contribution < -0.4 is 5.56 Å². The summed E-state index contributed by atoms with van der Waals surface area (Å²) in [5, 5.41) is 3.96. The first kappa shape index (κ1) is 17.2. The second-order valence-corrected chi connectivity index (χ2v) is 6.36. The lowest BCUT2D eigenvalue weighted by atomic mass is 9.99. The van der Waals surface area contributed by atoms with Crippen LogP contribution in [0.5, 0.6) is 0 Å². The first-order valence-corrected chi connectivity index (χ1v) is 8.53. The average Bonchev–Trinajstić information content (AvgIpc) is 3.08.